The Hall–Kier alpha value is -4.00. The minimum absolute atomic E-state index is 0.000327. The lowest BCUT2D eigenvalue weighted by molar-refractivity contribution is 0.102. The lowest BCUT2D eigenvalue weighted by Crippen LogP contribution is -2.25. The molecule has 0 heterocycles. The van der Waals surface area contributed by atoms with Crippen LogP contribution in [-0.2, 0) is 11.3 Å². The Morgan fingerprint density at radius 3 is 2.31 bits per heavy atom. The van der Waals surface area contributed by atoms with Crippen molar-refractivity contribution >= 4 is 17.7 Å². The number of carbonyl (C=O) groups excluding carboxylic acids is 2. The van der Waals surface area contributed by atoms with Crippen molar-refractivity contribution in [2.24, 2.45) is 0 Å². The van der Waals surface area contributed by atoms with Crippen molar-refractivity contribution in [3.63, 3.8) is 0 Å². The summed E-state index contributed by atoms with van der Waals surface area (Å²) >= 11 is 0. The van der Waals surface area contributed by atoms with Gasteiger partial charge in [0.1, 0.15) is 17.6 Å². The van der Waals surface area contributed by atoms with Crippen LogP contribution in [0.4, 0.5) is 10.5 Å². The van der Waals surface area contributed by atoms with Crippen molar-refractivity contribution in [2.75, 3.05) is 11.9 Å². The molecule has 7 nitrogen and oxygen atoms in total. The van der Waals surface area contributed by atoms with Crippen LogP contribution in [-0.4, -0.2) is 23.7 Å². The Balaban J connectivity index is 1.48. The largest absolute Gasteiger partial charge is 0.506 e. The Bertz CT molecular complexity index is 1050. The SMILES string of the molecule is CCOc1ccc(C(C)OC(=O)NCc2ccc(C(=O)Nc3ccccc3O)cc2)cc1. The molecular formula is C25H26N2O5. The van der Waals surface area contributed by atoms with Gasteiger partial charge in [-0.2, -0.15) is 0 Å². The van der Waals surface area contributed by atoms with Gasteiger partial charge in [-0.3, -0.25) is 4.79 Å². The molecule has 3 aromatic carbocycles. The van der Waals surface area contributed by atoms with Gasteiger partial charge in [-0.05, 0) is 61.4 Å². The average molecular weight is 434 g/mol. The molecule has 0 aliphatic carbocycles. The maximum atomic E-state index is 12.3. The number of rotatable bonds is 8. The van der Waals surface area contributed by atoms with Crippen LogP contribution in [0, 0.1) is 0 Å². The van der Waals surface area contributed by atoms with Crippen LogP contribution in [0.1, 0.15) is 41.4 Å². The fourth-order valence-corrected chi connectivity index (χ4v) is 2.99. The summed E-state index contributed by atoms with van der Waals surface area (Å²) in [7, 11) is 0. The fraction of sp³-hybridized carbons (Fsp3) is 0.200. The lowest BCUT2D eigenvalue weighted by Gasteiger charge is -2.15. The second kappa shape index (κ2) is 10.9. The van der Waals surface area contributed by atoms with E-state index < -0.39 is 12.2 Å². The zero-order valence-corrected chi connectivity index (χ0v) is 18.0. The number of nitrogens with one attached hydrogen (secondary N) is 2. The maximum Gasteiger partial charge on any atom is 0.408 e. The molecule has 0 bridgehead atoms. The van der Waals surface area contributed by atoms with Crippen molar-refractivity contribution < 1.29 is 24.2 Å². The van der Waals surface area contributed by atoms with Crippen LogP contribution in [0.15, 0.2) is 72.8 Å². The first-order chi connectivity index (χ1) is 15.5. The summed E-state index contributed by atoms with van der Waals surface area (Å²) in [5.41, 5.74) is 2.45. The molecule has 0 aromatic heterocycles. The van der Waals surface area contributed by atoms with Gasteiger partial charge in [0.05, 0.1) is 12.3 Å². The Morgan fingerprint density at radius 1 is 0.969 bits per heavy atom. The van der Waals surface area contributed by atoms with Crippen molar-refractivity contribution in [1.82, 2.24) is 5.32 Å². The van der Waals surface area contributed by atoms with E-state index in [1.807, 2.05) is 31.2 Å². The zero-order valence-electron chi connectivity index (χ0n) is 18.0. The van der Waals surface area contributed by atoms with E-state index in [4.69, 9.17) is 9.47 Å². The van der Waals surface area contributed by atoms with E-state index in [0.29, 0.717) is 17.9 Å². The number of amides is 2. The highest BCUT2D eigenvalue weighted by Crippen LogP contribution is 2.22. The van der Waals surface area contributed by atoms with Crippen LogP contribution in [0.3, 0.4) is 0 Å². The molecule has 0 aliphatic heterocycles. The Labute approximate surface area is 187 Å². The van der Waals surface area contributed by atoms with Gasteiger partial charge < -0.3 is 25.2 Å². The standard InChI is InChI=1S/C25H26N2O5/c1-3-31-21-14-12-19(13-15-21)17(2)32-25(30)26-16-18-8-10-20(11-9-18)24(29)27-22-6-4-5-7-23(22)28/h4-15,17,28H,3,16H2,1-2H3,(H,26,30)(H,27,29). The van der Waals surface area contributed by atoms with Gasteiger partial charge >= 0.3 is 6.09 Å². The summed E-state index contributed by atoms with van der Waals surface area (Å²) in [6, 6.07) is 20.7. The summed E-state index contributed by atoms with van der Waals surface area (Å²) in [5.74, 6) is 0.430. The molecule has 1 atom stereocenters. The van der Waals surface area contributed by atoms with Crippen LogP contribution in [0.25, 0.3) is 0 Å². The highest BCUT2D eigenvalue weighted by atomic mass is 16.6. The van der Waals surface area contributed by atoms with E-state index in [1.165, 1.54) is 6.07 Å². The number of phenolic OH excluding ortho intramolecular Hbond substituents is 1. The quantitative estimate of drug-likeness (QED) is 0.432. The number of phenols is 1. The summed E-state index contributed by atoms with van der Waals surface area (Å²) in [5, 5.41) is 15.1. The van der Waals surface area contributed by atoms with Crippen molar-refractivity contribution in [3.05, 3.63) is 89.5 Å². The predicted octanol–water partition coefficient (Wildman–Crippen LogP) is 5.03. The molecule has 2 amide bonds. The van der Waals surface area contributed by atoms with Crippen LogP contribution < -0.4 is 15.4 Å². The molecule has 3 rings (SSSR count). The number of aromatic hydroxyl groups is 1. The first kappa shape index (κ1) is 22.7. The number of ether oxygens (including phenoxy) is 2. The van der Waals surface area contributed by atoms with E-state index in [-0.39, 0.29) is 18.2 Å². The highest BCUT2D eigenvalue weighted by molar-refractivity contribution is 6.05. The normalized spacial score (nSPS) is 11.3. The van der Waals surface area contributed by atoms with Crippen molar-refractivity contribution in [1.29, 1.82) is 0 Å². The second-order valence-electron chi connectivity index (χ2n) is 7.07. The second-order valence-corrected chi connectivity index (χ2v) is 7.07. The van der Waals surface area contributed by atoms with E-state index >= 15 is 0 Å². The first-order valence-corrected chi connectivity index (χ1v) is 10.3. The predicted molar refractivity (Wildman–Crippen MR) is 122 cm³/mol. The van der Waals surface area contributed by atoms with Crippen molar-refractivity contribution in [2.45, 2.75) is 26.5 Å². The molecule has 0 saturated carbocycles. The number of para-hydroxylation sites is 2. The van der Waals surface area contributed by atoms with E-state index in [0.717, 1.165) is 16.9 Å². The van der Waals surface area contributed by atoms with E-state index in [1.54, 1.807) is 49.4 Å². The number of carbonyl (C=O) groups is 2. The zero-order chi connectivity index (χ0) is 22.9. The van der Waals surface area contributed by atoms with E-state index in [2.05, 4.69) is 10.6 Å². The number of hydrogen-bond donors (Lipinski definition) is 3. The smallest absolute Gasteiger partial charge is 0.408 e. The molecule has 0 saturated heterocycles. The molecule has 166 valence electrons. The summed E-state index contributed by atoms with van der Waals surface area (Å²) in [4.78, 5) is 24.5. The molecule has 7 heteroatoms. The number of benzene rings is 3. The molecular weight excluding hydrogens is 408 g/mol. The molecule has 0 fully saturated rings. The third-order valence-electron chi connectivity index (χ3n) is 4.75. The molecule has 3 aromatic rings. The van der Waals surface area contributed by atoms with Gasteiger partial charge in [-0.25, -0.2) is 4.79 Å². The van der Waals surface area contributed by atoms with Gasteiger partial charge in [0, 0.05) is 12.1 Å². The first-order valence-electron chi connectivity index (χ1n) is 10.3. The minimum atomic E-state index is -0.534. The molecule has 0 radical (unpaired) electrons. The Morgan fingerprint density at radius 2 is 1.66 bits per heavy atom. The number of anilines is 1. The minimum Gasteiger partial charge on any atom is -0.506 e. The lowest BCUT2D eigenvalue weighted by atomic mass is 10.1. The van der Waals surface area contributed by atoms with Crippen LogP contribution >= 0.6 is 0 Å². The molecule has 32 heavy (non-hydrogen) atoms. The monoisotopic (exact) mass is 434 g/mol. The van der Waals surface area contributed by atoms with Gasteiger partial charge in [0.25, 0.3) is 5.91 Å². The topological polar surface area (TPSA) is 96.9 Å². The van der Waals surface area contributed by atoms with E-state index in [9.17, 15) is 14.7 Å². The third kappa shape index (κ3) is 6.25. The van der Waals surface area contributed by atoms with Gasteiger partial charge in [-0.1, -0.05) is 36.4 Å². The molecule has 1 unspecified atom stereocenters. The average Bonchev–Trinajstić information content (AvgIpc) is 2.80. The van der Waals surface area contributed by atoms with Gasteiger partial charge in [0.2, 0.25) is 0 Å². The summed E-state index contributed by atoms with van der Waals surface area (Å²) < 4.78 is 10.8. The molecule has 3 N–H and O–H groups in total. The summed E-state index contributed by atoms with van der Waals surface area (Å²) in [6.45, 7) is 4.57. The third-order valence-corrected chi connectivity index (χ3v) is 4.75. The summed E-state index contributed by atoms with van der Waals surface area (Å²) in [6.07, 6.45) is -0.945. The molecule has 0 spiro atoms. The van der Waals surface area contributed by atoms with Crippen LogP contribution in [0.2, 0.25) is 0 Å². The fourth-order valence-electron chi connectivity index (χ4n) is 2.99. The van der Waals surface area contributed by atoms with Gasteiger partial charge in [-0.15, -0.1) is 0 Å². The van der Waals surface area contributed by atoms with Crippen LogP contribution in [0.5, 0.6) is 11.5 Å². The number of alkyl carbamates (subject to hydrolysis) is 1. The van der Waals surface area contributed by atoms with Crippen molar-refractivity contribution in [3.8, 4) is 11.5 Å². The highest BCUT2D eigenvalue weighted by Gasteiger charge is 2.12. The van der Waals surface area contributed by atoms with Gasteiger partial charge in [0.15, 0.2) is 0 Å². The molecule has 0 aliphatic rings. The number of hydrogen-bond acceptors (Lipinski definition) is 5. The maximum absolute atomic E-state index is 12.3. The Kier molecular flexibility index (Phi) is 7.70.